The molecule has 0 fully saturated rings. The number of benzene rings is 2. The fourth-order valence-electron chi connectivity index (χ4n) is 5.03. The molecule has 5 heteroatoms. The zero-order valence-corrected chi connectivity index (χ0v) is 18.5. The summed E-state index contributed by atoms with van der Waals surface area (Å²) in [5.41, 5.74) is 3.88. The van der Waals surface area contributed by atoms with Crippen LogP contribution in [0.25, 0.3) is 0 Å². The van der Waals surface area contributed by atoms with E-state index in [1.165, 1.54) is 5.57 Å². The van der Waals surface area contributed by atoms with Crippen molar-refractivity contribution in [1.29, 1.82) is 0 Å². The van der Waals surface area contributed by atoms with Gasteiger partial charge >= 0.3 is 0 Å². The smallest absolute Gasteiger partial charge is 0.258 e. The van der Waals surface area contributed by atoms with Crippen molar-refractivity contribution < 1.29 is 14.3 Å². The Morgan fingerprint density at radius 2 is 1.77 bits per heavy atom. The molecular weight excluding hydrogens is 388 g/mol. The first-order valence-corrected chi connectivity index (χ1v) is 11.1. The molecule has 1 aliphatic heterocycles. The van der Waals surface area contributed by atoms with Crippen molar-refractivity contribution in [2.24, 2.45) is 0 Å². The molecule has 0 saturated heterocycles. The minimum Gasteiger partial charge on any atom is -0.497 e. The Labute approximate surface area is 184 Å². The maximum absolute atomic E-state index is 13.6. The van der Waals surface area contributed by atoms with Crippen LogP contribution >= 0.6 is 0 Å². The summed E-state index contributed by atoms with van der Waals surface area (Å²) in [5, 5.41) is 0. The van der Waals surface area contributed by atoms with Crippen molar-refractivity contribution in [1.82, 2.24) is 4.90 Å². The molecule has 2 amide bonds. The Morgan fingerprint density at radius 1 is 1.03 bits per heavy atom. The van der Waals surface area contributed by atoms with Crippen LogP contribution < -0.4 is 9.64 Å². The van der Waals surface area contributed by atoms with E-state index in [4.69, 9.17) is 4.74 Å². The normalized spacial score (nSPS) is 20.8. The van der Waals surface area contributed by atoms with E-state index in [0.29, 0.717) is 11.3 Å². The van der Waals surface area contributed by atoms with Gasteiger partial charge in [0.2, 0.25) is 5.91 Å². The molecule has 5 nitrogen and oxygen atoms in total. The van der Waals surface area contributed by atoms with E-state index in [0.717, 1.165) is 43.5 Å². The monoisotopic (exact) mass is 418 g/mol. The van der Waals surface area contributed by atoms with E-state index < -0.39 is 0 Å². The fourth-order valence-corrected chi connectivity index (χ4v) is 5.03. The largest absolute Gasteiger partial charge is 0.497 e. The molecule has 0 bridgehead atoms. The zero-order chi connectivity index (χ0) is 22.0. The van der Waals surface area contributed by atoms with Gasteiger partial charge in [-0.1, -0.05) is 24.3 Å². The molecule has 2 aromatic rings. The molecule has 2 atom stereocenters. The molecule has 2 unspecified atom stereocenters. The number of rotatable bonds is 4. The lowest BCUT2D eigenvalue weighted by molar-refractivity contribution is -0.117. The lowest BCUT2D eigenvalue weighted by atomic mass is 9.82. The van der Waals surface area contributed by atoms with Crippen molar-refractivity contribution in [3.8, 4) is 5.75 Å². The summed E-state index contributed by atoms with van der Waals surface area (Å²) >= 11 is 0. The van der Waals surface area contributed by atoms with Crippen LogP contribution in [-0.2, 0) is 4.79 Å². The highest BCUT2D eigenvalue weighted by atomic mass is 16.5. The van der Waals surface area contributed by atoms with Gasteiger partial charge in [-0.3, -0.25) is 9.59 Å². The number of hydrogen-bond donors (Lipinski definition) is 0. The average molecular weight is 419 g/mol. The second-order valence-corrected chi connectivity index (χ2v) is 8.41. The van der Waals surface area contributed by atoms with Crippen molar-refractivity contribution in [2.75, 3.05) is 12.0 Å². The van der Waals surface area contributed by atoms with Gasteiger partial charge in [-0.2, -0.15) is 0 Å². The first-order valence-electron chi connectivity index (χ1n) is 11.1. The molecule has 0 spiro atoms. The quantitative estimate of drug-likeness (QED) is 0.687. The second-order valence-electron chi connectivity index (χ2n) is 8.41. The van der Waals surface area contributed by atoms with Crippen LogP contribution in [0.1, 0.15) is 56.3 Å². The average Bonchev–Trinajstić information content (AvgIpc) is 2.79. The van der Waals surface area contributed by atoms with Crippen molar-refractivity contribution in [3.05, 3.63) is 71.4 Å². The number of amides is 2. The molecule has 0 saturated carbocycles. The van der Waals surface area contributed by atoms with Crippen LogP contribution in [0.4, 0.5) is 5.69 Å². The van der Waals surface area contributed by atoms with Gasteiger partial charge in [0, 0.05) is 29.9 Å². The summed E-state index contributed by atoms with van der Waals surface area (Å²) in [6.45, 7) is 3.72. The van der Waals surface area contributed by atoms with Gasteiger partial charge in [-0.25, -0.2) is 0 Å². The molecule has 0 N–H and O–H groups in total. The van der Waals surface area contributed by atoms with Crippen LogP contribution in [0.3, 0.4) is 0 Å². The molecule has 2 aliphatic rings. The maximum Gasteiger partial charge on any atom is 0.258 e. The summed E-state index contributed by atoms with van der Waals surface area (Å²) in [7, 11) is 1.61. The van der Waals surface area contributed by atoms with Crippen molar-refractivity contribution >= 4 is 17.5 Å². The summed E-state index contributed by atoms with van der Waals surface area (Å²) in [6.07, 6.45) is 4.66. The van der Waals surface area contributed by atoms with Crippen LogP contribution in [0.15, 0.2) is 65.9 Å². The summed E-state index contributed by atoms with van der Waals surface area (Å²) in [6, 6.07) is 17.2. The number of anilines is 1. The van der Waals surface area contributed by atoms with Crippen LogP contribution in [-0.4, -0.2) is 35.9 Å². The minimum atomic E-state index is -0.0143. The van der Waals surface area contributed by atoms with E-state index in [-0.39, 0.29) is 23.9 Å². The number of allylic oxidation sites excluding steroid dienone is 1. The maximum atomic E-state index is 13.6. The summed E-state index contributed by atoms with van der Waals surface area (Å²) < 4.78 is 5.32. The number of ether oxygens (including phenoxy) is 1. The third-order valence-corrected chi connectivity index (χ3v) is 6.40. The fraction of sp³-hybridized carbons (Fsp3) is 0.385. The SMILES string of the molecule is COc1cccc(C(=O)N2C3=C(CCCC3)C(N(C(C)=O)c3ccccc3)CC2C)c1. The van der Waals surface area contributed by atoms with Crippen LogP contribution in [0, 0.1) is 0 Å². The lowest BCUT2D eigenvalue weighted by Gasteiger charge is -2.46. The molecule has 2 aromatic carbocycles. The zero-order valence-electron chi connectivity index (χ0n) is 18.5. The van der Waals surface area contributed by atoms with Gasteiger partial charge in [0.1, 0.15) is 5.75 Å². The highest BCUT2D eigenvalue weighted by Gasteiger charge is 2.40. The molecule has 1 aliphatic carbocycles. The van der Waals surface area contributed by atoms with Crippen LogP contribution in [0.5, 0.6) is 5.75 Å². The second kappa shape index (κ2) is 8.96. The van der Waals surface area contributed by atoms with Gasteiger partial charge in [0.05, 0.1) is 13.2 Å². The highest BCUT2D eigenvalue weighted by Crippen LogP contribution is 2.41. The van der Waals surface area contributed by atoms with Gasteiger partial charge in [-0.05, 0) is 74.9 Å². The number of methoxy groups -OCH3 is 1. The minimum absolute atomic E-state index is 0.00772. The number of hydrogen-bond acceptors (Lipinski definition) is 3. The predicted octanol–water partition coefficient (Wildman–Crippen LogP) is 5.18. The number of para-hydroxylation sites is 1. The molecule has 162 valence electrons. The third kappa shape index (κ3) is 4.09. The van der Waals surface area contributed by atoms with Crippen molar-refractivity contribution in [3.63, 3.8) is 0 Å². The summed E-state index contributed by atoms with van der Waals surface area (Å²) in [5.74, 6) is 0.722. The van der Waals surface area contributed by atoms with E-state index in [9.17, 15) is 9.59 Å². The van der Waals surface area contributed by atoms with E-state index in [2.05, 4.69) is 6.92 Å². The standard InChI is InChI=1S/C26H30N2O3/c1-18-16-25(28(19(2)29)21-11-5-4-6-12-21)23-14-7-8-15-24(23)27(18)26(30)20-10-9-13-22(17-20)31-3/h4-6,9-13,17-18,25H,7-8,14-16H2,1-3H3. The molecule has 0 aromatic heterocycles. The topological polar surface area (TPSA) is 49.9 Å². The third-order valence-electron chi connectivity index (χ3n) is 6.40. The molecule has 0 radical (unpaired) electrons. The molecule has 1 heterocycles. The Morgan fingerprint density at radius 3 is 2.48 bits per heavy atom. The van der Waals surface area contributed by atoms with Crippen molar-refractivity contribution in [2.45, 2.75) is 58.0 Å². The Hall–Kier alpha value is -3.08. The Balaban J connectivity index is 1.75. The van der Waals surface area contributed by atoms with Crippen LogP contribution in [0.2, 0.25) is 0 Å². The van der Waals surface area contributed by atoms with E-state index in [1.807, 2.05) is 58.3 Å². The molecular formula is C26H30N2O3. The van der Waals surface area contributed by atoms with Gasteiger partial charge in [0.15, 0.2) is 0 Å². The molecule has 31 heavy (non-hydrogen) atoms. The number of carbonyl (C=O) groups is 2. The lowest BCUT2D eigenvalue weighted by Crippen LogP contribution is -2.52. The Kier molecular flexibility index (Phi) is 6.12. The van der Waals surface area contributed by atoms with E-state index >= 15 is 0 Å². The van der Waals surface area contributed by atoms with Gasteiger partial charge in [0.25, 0.3) is 5.91 Å². The predicted molar refractivity (Wildman–Crippen MR) is 122 cm³/mol. The van der Waals surface area contributed by atoms with Gasteiger partial charge < -0.3 is 14.5 Å². The number of carbonyl (C=O) groups excluding carboxylic acids is 2. The highest BCUT2D eigenvalue weighted by molar-refractivity contribution is 5.97. The van der Waals surface area contributed by atoms with Gasteiger partial charge in [-0.15, -0.1) is 0 Å². The first-order chi connectivity index (χ1) is 15.0. The number of nitrogens with zero attached hydrogens (tertiary/aromatic N) is 2. The summed E-state index contributed by atoms with van der Waals surface area (Å²) in [4.78, 5) is 30.2. The van der Waals surface area contributed by atoms with E-state index in [1.54, 1.807) is 20.1 Å². The molecule has 4 rings (SSSR count). The Bertz CT molecular complexity index is 999. The first kappa shape index (κ1) is 21.2.